The van der Waals surface area contributed by atoms with Gasteiger partial charge in [-0.2, -0.15) is 0 Å². The van der Waals surface area contributed by atoms with Crippen molar-refractivity contribution in [3.8, 4) is 0 Å². The van der Waals surface area contributed by atoms with E-state index in [9.17, 15) is 5.11 Å². The van der Waals surface area contributed by atoms with Gasteiger partial charge < -0.3 is 5.11 Å². The van der Waals surface area contributed by atoms with Gasteiger partial charge in [-0.15, -0.1) is 0 Å². The van der Waals surface area contributed by atoms with Crippen molar-refractivity contribution in [2.45, 2.75) is 38.0 Å². The zero-order valence-corrected chi connectivity index (χ0v) is 12.7. The molecule has 1 aromatic heterocycles. The first-order chi connectivity index (χ1) is 10.8. The molecular weight excluding hydrogens is 280 g/mol. The van der Waals surface area contributed by atoms with Gasteiger partial charge >= 0.3 is 0 Å². The smallest absolute Gasteiger partial charge is 0.139 e. The van der Waals surface area contributed by atoms with Gasteiger partial charge in [-0.1, -0.05) is 18.6 Å². The van der Waals surface area contributed by atoms with Crippen LogP contribution in [0.15, 0.2) is 22.8 Å². The second-order valence-corrected chi connectivity index (χ2v) is 6.47. The topological polar surface area (TPSA) is 65.6 Å². The van der Waals surface area contributed by atoms with E-state index >= 15 is 0 Å². The van der Waals surface area contributed by atoms with Gasteiger partial charge in [-0.05, 0) is 47.9 Å². The van der Waals surface area contributed by atoms with E-state index in [0.717, 1.165) is 49.3 Å². The molecule has 2 atom stereocenters. The van der Waals surface area contributed by atoms with E-state index in [1.807, 2.05) is 12.1 Å². The Balaban J connectivity index is 1.47. The predicted octanol–water partition coefficient (Wildman–Crippen LogP) is 1.25. The lowest BCUT2D eigenvalue weighted by Crippen LogP contribution is -2.45. The molecular formula is C16H22N4O2. The SMILES string of the molecule is O[C@H]1CN(Cc2cccc3nonc23)C[C@@H]1N1CCCCC1. The summed E-state index contributed by atoms with van der Waals surface area (Å²) in [6.45, 7) is 4.68. The Morgan fingerprint density at radius 1 is 1.14 bits per heavy atom. The predicted molar refractivity (Wildman–Crippen MR) is 82.3 cm³/mol. The molecule has 0 unspecified atom stereocenters. The maximum atomic E-state index is 10.4. The molecule has 6 nitrogen and oxygen atoms in total. The Hall–Kier alpha value is -1.50. The Morgan fingerprint density at radius 2 is 2.00 bits per heavy atom. The lowest BCUT2D eigenvalue weighted by Gasteiger charge is -2.33. The summed E-state index contributed by atoms with van der Waals surface area (Å²) in [6.07, 6.45) is 3.58. The van der Waals surface area contributed by atoms with Crippen LogP contribution in [-0.2, 0) is 6.54 Å². The number of hydrogen-bond donors (Lipinski definition) is 1. The van der Waals surface area contributed by atoms with Crippen LogP contribution >= 0.6 is 0 Å². The number of piperidine rings is 1. The van der Waals surface area contributed by atoms with Crippen LogP contribution in [0.3, 0.4) is 0 Å². The molecule has 1 aromatic carbocycles. The first kappa shape index (κ1) is 14.1. The monoisotopic (exact) mass is 302 g/mol. The number of nitrogens with zero attached hydrogens (tertiary/aromatic N) is 4. The Labute approximate surface area is 129 Å². The molecule has 2 aromatic rings. The standard InChI is InChI=1S/C16H22N4O2/c21-15-11-19(10-14(15)20-7-2-1-3-8-20)9-12-5-4-6-13-16(12)18-22-17-13/h4-6,14-15,21H,1-3,7-11H2/t14-,15-/m0/s1. The quantitative estimate of drug-likeness (QED) is 0.920. The maximum Gasteiger partial charge on any atom is 0.139 e. The molecule has 0 bridgehead atoms. The summed E-state index contributed by atoms with van der Waals surface area (Å²) in [5, 5.41) is 18.3. The number of hydrogen-bond acceptors (Lipinski definition) is 6. The minimum Gasteiger partial charge on any atom is -0.390 e. The first-order valence-electron chi connectivity index (χ1n) is 8.16. The van der Waals surface area contributed by atoms with Crippen molar-refractivity contribution in [3.63, 3.8) is 0 Å². The van der Waals surface area contributed by atoms with Gasteiger partial charge in [-0.25, -0.2) is 4.63 Å². The molecule has 0 aliphatic carbocycles. The first-order valence-corrected chi connectivity index (χ1v) is 8.16. The third-order valence-electron chi connectivity index (χ3n) is 4.96. The number of fused-ring (bicyclic) bond motifs is 1. The van der Waals surface area contributed by atoms with Crippen LogP contribution in [0.2, 0.25) is 0 Å². The zero-order chi connectivity index (χ0) is 14.9. The Bertz CT molecular complexity index is 638. The molecule has 6 heteroatoms. The maximum absolute atomic E-state index is 10.4. The number of likely N-dealkylation sites (tertiary alicyclic amines) is 2. The van der Waals surface area contributed by atoms with Crippen molar-refractivity contribution in [1.29, 1.82) is 0 Å². The fourth-order valence-corrected chi connectivity index (χ4v) is 3.82. The second kappa shape index (κ2) is 5.95. The van der Waals surface area contributed by atoms with E-state index in [1.165, 1.54) is 19.3 Å². The summed E-state index contributed by atoms with van der Waals surface area (Å²) in [7, 11) is 0. The molecule has 2 fully saturated rings. The third-order valence-corrected chi connectivity index (χ3v) is 4.96. The van der Waals surface area contributed by atoms with E-state index in [-0.39, 0.29) is 12.1 Å². The van der Waals surface area contributed by atoms with E-state index in [4.69, 9.17) is 4.63 Å². The highest BCUT2D eigenvalue weighted by molar-refractivity contribution is 5.76. The lowest BCUT2D eigenvalue weighted by atomic mass is 10.1. The van der Waals surface area contributed by atoms with Crippen LogP contribution in [0, 0.1) is 0 Å². The number of β-amino-alcohol motifs (C(OH)–C–C–N with tert-alkyl or cyclic N) is 1. The van der Waals surface area contributed by atoms with Crippen molar-refractivity contribution in [2.75, 3.05) is 26.2 Å². The Morgan fingerprint density at radius 3 is 2.86 bits per heavy atom. The summed E-state index contributed by atoms with van der Waals surface area (Å²) >= 11 is 0. The van der Waals surface area contributed by atoms with Crippen LogP contribution in [0.4, 0.5) is 0 Å². The van der Waals surface area contributed by atoms with Gasteiger partial charge in [0.2, 0.25) is 0 Å². The van der Waals surface area contributed by atoms with E-state index < -0.39 is 0 Å². The van der Waals surface area contributed by atoms with Gasteiger partial charge in [0.05, 0.1) is 6.10 Å². The average molecular weight is 302 g/mol. The second-order valence-electron chi connectivity index (χ2n) is 6.47. The van der Waals surface area contributed by atoms with Gasteiger partial charge in [0.1, 0.15) is 11.0 Å². The van der Waals surface area contributed by atoms with Crippen LogP contribution in [-0.4, -0.2) is 63.5 Å². The lowest BCUT2D eigenvalue weighted by molar-refractivity contribution is 0.0706. The fraction of sp³-hybridized carbons (Fsp3) is 0.625. The van der Waals surface area contributed by atoms with Crippen molar-refractivity contribution >= 4 is 11.0 Å². The molecule has 1 N–H and O–H groups in total. The Kier molecular flexibility index (Phi) is 3.82. The molecule has 2 aliphatic rings. The third kappa shape index (κ3) is 2.62. The number of aliphatic hydroxyl groups is 1. The highest BCUT2D eigenvalue weighted by atomic mass is 16.6. The fourth-order valence-electron chi connectivity index (χ4n) is 3.82. The van der Waals surface area contributed by atoms with Gasteiger partial charge in [0, 0.05) is 25.7 Å². The van der Waals surface area contributed by atoms with Crippen molar-refractivity contribution < 1.29 is 9.74 Å². The van der Waals surface area contributed by atoms with E-state index in [1.54, 1.807) is 0 Å². The summed E-state index contributed by atoms with van der Waals surface area (Å²) in [5.41, 5.74) is 2.74. The molecule has 0 spiro atoms. The van der Waals surface area contributed by atoms with Crippen molar-refractivity contribution in [3.05, 3.63) is 23.8 Å². The summed E-state index contributed by atoms with van der Waals surface area (Å²) in [6, 6.07) is 6.23. The molecule has 2 saturated heterocycles. The molecule has 0 radical (unpaired) electrons. The normalized spacial score (nSPS) is 27.7. The van der Waals surface area contributed by atoms with Crippen molar-refractivity contribution in [2.24, 2.45) is 0 Å². The minimum atomic E-state index is -0.257. The van der Waals surface area contributed by atoms with Crippen molar-refractivity contribution in [1.82, 2.24) is 20.1 Å². The number of aromatic nitrogens is 2. The van der Waals surface area contributed by atoms with Gasteiger partial charge in [-0.3, -0.25) is 9.80 Å². The molecule has 22 heavy (non-hydrogen) atoms. The number of aliphatic hydroxyl groups excluding tert-OH is 1. The van der Waals surface area contributed by atoms with Gasteiger partial charge in [0.15, 0.2) is 0 Å². The summed E-state index contributed by atoms with van der Waals surface area (Å²) < 4.78 is 4.83. The molecule has 4 rings (SSSR count). The van der Waals surface area contributed by atoms with Gasteiger partial charge in [0.25, 0.3) is 0 Å². The molecule has 118 valence electrons. The highest BCUT2D eigenvalue weighted by Crippen LogP contribution is 2.24. The number of rotatable bonds is 3. The molecule has 0 amide bonds. The minimum absolute atomic E-state index is 0.257. The highest BCUT2D eigenvalue weighted by Gasteiger charge is 2.35. The van der Waals surface area contributed by atoms with Crippen LogP contribution in [0.1, 0.15) is 24.8 Å². The summed E-state index contributed by atoms with van der Waals surface area (Å²) in [5.74, 6) is 0. The van der Waals surface area contributed by atoms with E-state index in [0.29, 0.717) is 0 Å². The van der Waals surface area contributed by atoms with Crippen LogP contribution < -0.4 is 0 Å². The molecule has 3 heterocycles. The average Bonchev–Trinajstić information content (AvgIpc) is 3.15. The molecule has 2 aliphatic heterocycles. The number of benzene rings is 1. The molecule has 0 saturated carbocycles. The summed E-state index contributed by atoms with van der Waals surface area (Å²) in [4.78, 5) is 4.78. The van der Waals surface area contributed by atoms with Crippen LogP contribution in [0.25, 0.3) is 11.0 Å². The van der Waals surface area contributed by atoms with E-state index in [2.05, 4.69) is 26.2 Å². The largest absolute Gasteiger partial charge is 0.390 e. The zero-order valence-electron chi connectivity index (χ0n) is 12.7. The van der Waals surface area contributed by atoms with Crippen LogP contribution in [0.5, 0.6) is 0 Å².